The first-order valence-corrected chi connectivity index (χ1v) is 11.6. The summed E-state index contributed by atoms with van der Waals surface area (Å²) in [7, 11) is -3.33. The molecule has 1 atom stereocenters. The van der Waals surface area contributed by atoms with Crippen molar-refractivity contribution in [2.75, 3.05) is 18.8 Å². The highest BCUT2D eigenvalue weighted by Crippen LogP contribution is 2.50. The Kier molecular flexibility index (Phi) is 4.08. The lowest BCUT2D eigenvalue weighted by Gasteiger charge is -2.49. The molecule has 2 aliphatic heterocycles. The van der Waals surface area contributed by atoms with Crippen LogP contribution in [0.2, 0.25) is 0 Å². The van der Waals surface area contributed by atoms with E-state index in [0.717, 1.165) is 12.8 Å². The SMILES string of the molecule is O=C(c1ccccc1)N1CC2(C1)C(c1nc(C3CCCC3)no1)CCS2(=O)=O. The summed E-state index contributed by atoms with van der Waals surface area (Å²) >= 11 is 0. The number of amides is 1. The van der Waals surface area contributed by atoms with Gasteiger partial charge in [-0.2, -0.15) is 4.98 Å². The number of benzene rings is 1. The molecule has 0 N–H and O–H groups in total. The third-order valence-corrected chi connectivity index (χ3v) is 9.19. The highest BCUT2D eigenvalue weighted by atomic mass is 32.2. The largest absolute Gasteiger partial charge is 0.339 e. The van der Waals surface area contributed by atoms with Crippen molar-refractivity contribution in [3.05, 3.63) is 47.6 Å². The second-order valence-electron chi connectivity index (χ2n) is 8.22. The fourth-order valence-electron chi connectivity index (χ4n) is 4.97. The zero-order chi connectivity index (χ0) is 19.4. The van der Waals surface area contributed by atoms with Gasteiger partial charge in [0.05, 0.1) is 11.7 Å². The maximum Gasteiger partial charge on any atom is 0.253 e. The average Bonchev–Trinajstić information content (AvgIpc) is 3.38. The van der Waals surface area contributed by atoms with E-state index < -0.39 is 14.6 Å². The fourth-order valence-corrected chi connectivity index (χ4v) is 7.28. The summed E-state index contributed by atoms with van der Waals surface area (Å²) < 4.78 is 30.3. The molecular weight excluding hydrogens is 378 g/mol. The lowest BCUT2D eigenvalue weighted by molar-refractivity contribution is 0.0504. The number of sulfone groups is 1. The standard InChI is InChI=1S/C20H23N3O4S/c24-19(15-8-2-1-3-9-15)23-12-20(13-23)16(10-11-28(20,25)26)18-21-17(22-27-18)14-6-4-5-7-14/h1-3,8-9,14,16H,4-7,10-13H2. The molecule has 2 aromatic rings. The van der Waals surface area contributed by atoms with Crippen LogP contribution in [0.4, 0.5) is 0 Å². The summed E-state index contributed by atoms with van der Waals surface area (Å²) in [6.45, 7) is 0.379. The number of hydrogen-bond donors (Lipinski definition) is 0. The molecule has 0 bridgehead atoms. The molecule has 1 saturated carbocycles. The molecule has 1 aromatic heterocycles. The number of carbonyl (C=O) groups is 1. The quantitative estimate of drug-likeness (QED) is 0.785. The van der Waals surface area contributed by atoms with Gasteiger partial charge in [-0.25, -0.2) is 8.42 Å². The summed E-state index contributed by atoms with van der Waals surface area (Å²) in [6, 6.07) is 8.96. The summed E-state index contributed by atoms with van der Waals surface area (Å²) in [5.41, 5.74) is 0.575. The second kappa shape index (κ2) is 6.40. The Balaban J connectivity index is 1.39. The molecule has 7 nitrogen and oxygen atoms in total. The van der Waals surface area contributed by atoms with Gasteiger partial charge in [0.25, 0.3) is 5.91 Å². The Bertz CT molecular complexity index is 989. The van der Waals surface area contributed by atoms with E-state index in [2.05, 4.69) is 10.1 Å². The second-order valence-corrected chi connectivity index (χ2v) is 10.7. The third-order valence-electron chi connectivity index (χ3n) is 6.63. The molecule has 1 spiro atoms. The molecule has 1 aliphatic carbocycles. The number of carbonyl (C=O) groups excluding carboxylic acids is 1. The first-order valence-electron chi connectivity index (χ1n) is 9.90. The van der Waals surface area contributed by atoms with Gasteiger partial charge in [0.1, 0.15) is 4.75 Å². The Labute approximate surface area is 164 Å². The minimum absolute atomic E-state index is 0.103. The monoisotopic (exact) mass is 401 g/mol. The molecule has 5 rings (SSSR count). The molecular formula is C20H23N3O4S. The van der Waals surface area contributed by atoms with Crippen LogP contribution in [0.25, 0.3) is 0 Å². The number of nitrogens with zero attached hydrogens (tertiary/aromatic N) is 3. The minimum Gasteiger partial charge on any atom is -0.339 e. The van der Waals surface area contributed by atoms with E-state index in [4.69, 9.17) is 4.52 Å². The van der Waals surface area contributed by atoms with E-state index in [1.807, 2.05) is 6.07 Å². The van der Waals surface area contributed by atoms with Crippen LogP contribution in [-0.2, 0) is 9.84 Å². The van der Waals surface area contributed by atoms with Gasteiger partial charge in [0.2, 0.25) is 5.89 Å². The van der Waals surface area contributed by atoms with Crippen molar-refractivity contribution in [3.63, 3.8) is 0 Å². The Morgan fingerprint density at radius 1 is 1.11 bits per heavy atom. The van der Waals surface area contributed by atoms with E-state index in [1.165, 1.54) is 12.8 Å². The van der Waals surface area contributed by atoms with Gasteiger partial charge in [0.15, 0.2) is 15.7 Å². The molecule has 3 fully saturated rings. The van der Waals surface area contributed by atoms with Gasteiger partial charge in [-0.1, -0.05) is 36.2 Å². The van der Waals surface area contributed by atoms with Crippen molar-refractivity contribution >= 4 is 15.7 Å². The first kappa shape index (κ1) is 17.8. The molecule has 28 heavy (non-hydrogen) atoms. The maximum absolute atomic E-state index is 12.9. The smallest absolute Gasteiger partial charge is 0.253 e. The minimum atomic E-state index is -3.33. The van der Waals surface area contributed by atoms with E-state index in [0.29, 0.717) is 29.6 Å². The number of rotatable bonds is 3. The predicted octanol–water partition coefficient (Wildman–Crippen LogP) is 2.52. The molecule has 1 aromatic carbocycles. The molecule has 3 aliphatic rings. The summed E-state index contributed by atoms with van der Waals surface area (Å²) in [4.78, 5) is 18.9. The third kappa shape index (κ3) is 2.61. The maximum atomic E-state index is 12.9. The van der Waals surface area contributed by atoms with Crippen molar-refractivity contribution in [3.8, 4) is 0 Å². The summed E-state index contributed by atoms with van der Waals surface area (Å²) in [5, 5.41) is 4.15. The zero-order valence-corrected chi connectivity index (χ0v) is 16.4. The van der Waals surface area contributed by atoms with Crippen LogP contribution in [-0.4, -0.2) is 53.0 Å². The van der Waals surface area contributed by atoms with Gasteiger partial charge in [0, 0.05) is 24.6 Å². The van der Waals surface area contributed by atoms with Gasteiger partial charge in [-0.05, 0) is 31.4 Å². The molecule has 1 amide bonds. The van der Waals surface area contributed by atoms with Gasteiger partial charge in [-0.15, -0.1) is 0 Å². The zero-order valence-electron chi connectivity index (χ0n) is 15.6. The van der Waals surface area contributed by atoms with Gasteiger partial charge in [-0.3, -0.25) is 4.79 Å². The van der Waals surface area contributed by atoms with E-state index in [-0.39, 0.29) is 30.7 Å². The lowest BCUT2D eigenvalue weighted by Crippen LogP contribution is -2.67. The molecule has 1 unspecified atom stereocenters. The van der Waals surface area contributed by atoms with E-state index >= 15 is 0 Å². The molecule has 3 heterocycles. The Morgan fingerprint density at radius 3 is 2.54 bits per heavy atom. The van der Waals surface area contributed by atoms with Crippen LogP contribution in [0, 0.1) is 0 Å². The van der Waals surface area contributed by atoms with Crippen molar-refractivity contribution < 1.29 is 17.7 Å². The van der Waals surface area contributed by atoms with Gasteiger partial charge < -0.3 is 9.42 Å². The molecule has 2 saturated heterocycles. The normalized spacial score (nSPS) is 25.9. The molecule has 148 valence electrons. The predicted molar refractivity (Wildman–Crippen MR) is 102 cm³/mol. The summed E-state index contributed by atoms with van der Waals surface area (Å²) in [5.74, 6) is 1.10. The van der Waals surface area contributed by atoms with Crippen LogP contribution in [0.5, 0.6) is 0 Å². The van der Waals surface area contributed by atoms with E-state index in [9.17, 15) is 13.2 Å². The Hall–Kier alpha value is -2.22. The number of aromatic nitrogens is 2. The number of likely N-dealkylation sites (tertiary alicyclic amines) is 1. The summed E-state index contributed by atoms with van der Waals surface area (Å²) in [6.07, 6.45) is 4.94. The van der Waals surface area contributed by atoms with Crippen molar-refractivity contribution in [2.24, 2.45) is 0 Å². The van der Waals surface area contributed by atoms with Crippen LogP contribution >= 0.6 is 0 Å². The fraction of sp³-hybridized carbons (Fsp3) is 0.550. The Morgan fingerprint density at radius 2 is 1.82 bits per heavy atom. The molecule has 8 heteroatoms. The topological polar surface area (TPSA) is 93.4 Å². The van der Waals surface area contributed by atoms with Crippen LogP contribution in [0.15, 0.2) is 34.9 Å². The molecule has 0 radical (unpaired) electrons. The lowest BCUT2D eigenvalue weighted by atomic mass is 9.82. The van der Waals surface area contributed by atoms with E-state index in [1.54, 1.807) is 29.2 Å². The van der Waals surface area contributed by atoms with Crippen LogP contribution in [0.3, 0.4) is 0 Å². The van der Waals surface area contributed by atoms with Crippen LogP contribution < -0.4 is 0 Å². The van der Waals surface area contributed by atoms with Crippen molar-refractivity contribution in [2.45, 2.75) is 48.7 Å². The van der Waals surface area contributed by atoms with Gasteiger partial charge >= 0.3 is 0 Å². The highest BCUT2D eigenvalue weighted by Gasteiger charge is 2.64. The van der Waals surface area contributed by atoms with Crippen LogP contribution in [0.1, 0.15) is 66.0 Å². The van der Waals surface area contributed by atoms with Crippen molar-refractivity contribution in [1.29, 1.82) is 0 Å². The van der Waals surface area contributed by atoms with Crippen molar-refractivity contribution in [1.82, 2.24) is 15.0 Å². The number of hydrogen-bond acceptors (Lipinski definition) is 6. The first-order chi connectivity index (χ1) is 13.5. The average molecular weight is 401 g/mol. The highest BCUT2D eigenvalue weighted by molar-refractivity contribution is 7.93.